The van der Waals surface area contributed by atoms with E-state index in [2.05, 4.69) is 5.32 Å². The second kappa shape index (κ2) is 6.89. The van der Waals surface area contributed by atoms with E-state index in [-0.39, 0.29) is 6.10 Å². The number of rotatable bonds is 6. The highest BCUT2D eigenvalue weighted by atomic mass is 16.5. The van der Waals surface area contributed by atoms with Crippen molar-refractivity contribution < 1.29 is 19.4 Å². The molecule has 0 heterocycles. The zero-order valence-corrected chi connectivity index (χ0v) is 11.3. The van der Waals surface area contributed by atoms with Gasteiger partial charge in [-0.3, -0.25) is 9.59 Å². The minimum Gasteiger partial charge on any atom is -0.481 e. The summed E-state index contributed by atoms with van der Waals surface area (Å²) in [5.74, 6) is -2.75. The Morgan fingerprint density at radius 1 is 1.32 bits per heavy atom. The Bertz CT molecular complexity index is 457. The first-order chi connectivity index (χ1) is 8.90. The van der Waals surface area contributed by atoms with Gasteiger partial charge in [-0.25, -0.2) is 0 Å². The van der Waals surface area contributed by atoms with E-state index < -0.39 is 17.8 Å². The van der Waals surface area contributed by atoms with Crippen LogP contribution in [0.25, 0.3) is 0 Å². The maximum Gasteiger partial charge on any atom is 0.315 e. The largest absolute Gasteiger partial charge is 0.481 e. The fraction of sp³-hybridized carbons (Fsp3) is 0.429. The van der Waals surface area contributed by atoms with E-state index >= 15 is 0 Å². The van der Waals surface area contributed by atoms with Crippen molar-refractivity contribution >= 4 is 17.6 Å². The number of nitrogens with one attached hydrogen (secondary N) is 1. The number of ether oxygens (including phenoxy) is 1. The number of carbonyl (C=O) groups is 2. The number of hydrogen-bond acceptors (Lipinski definition) is 3. The van der Waals surface area contributed by atoms with Gasteiger partial charge in [-0.05, 0) is 38.5 Å². The summed E-state index contributed by atoms with van der Waals surface area (Å²) in [6.45, 7) is 5.69. The molecule has 0 fully saturated rings. The maximum absolute atomic E-state index is 11.6. The minimum atomic E-state index is -1.14. The van der Waals surface area contributed by atoms with Crippen LogP contribution < -0.4 is 5.32 Å². The van der Waals surface area contributed by atoms with E-state index in [0.29, 0.717) is 12.3 Å². The molecule has 0 aliphatic carbocycles. The highest BCUT2D eigenvalue weighted by molar-refractivity contribution is 6.03. The molecule has 1 aromatic rings. The number of hydrogen-bond donors (Lipinski definition) is 2. The molecule has 2 N–H and O–H groups in total. The van der Waals surface area contributed by atoms with Crippen molar-refractivity contribution in [1.29, 1.82) is 0 Å². The molecule has 0 saturated heterocycles. The van der Waals surface area contributed by atoms with Gasteiger partial charge in [0.25, 0.3) is 0 Å². The molecule has 0 spiro atoms. The molecule has 0 radical (unpaired) electrons. The van der Waals surface area contributed by atoms with Crippen LogP contribution in [0.15, 0.2) is 24.3 Å². The number of aliphatic carboxylic acids is 1. The van der Waals surface area contributed by atoms with Gasteiger partial charge in [0.05, 0.1) is 12.7 Å². The molecule has 1 atom stereocenters. The zero-order chi connectivity index (χ0) is 14.4. The fourth-order valence-electron chi connectivity index (χ4n) is 1.36. The van der Waals surface area contributed by atoms with Crippen LogP contribution in [-0.2, 0) is 20.9 Å². The van der Waals surface area contributed by atoms with Crippen LogP contribution in [0, 0.1) is 5.92 Å². The van der Waals surface area contributed by atoms with Gasteiger partial charge in [-0.15, -0.1) is 0 Å². The van der Waals surface area contributed by atoms with Crippen LogP contribution in [0.1, 0.15) is 26.3 Å². The van der Waals surface area contributed by atoms with E-state index in [9.17, 15) is 9.59 Å². The second-order valence-electron chi connectivity index (χ2n) is 4.61. The number of carboxylic acids is 1. The van der Waals surface area contributed by atoms with Crippen molar-refractivity contribution in [2.75, 3.05) is 5.32 Å². The van der Waals surface area contributed by atoms with E-state index in [1.54, 1.807) is 18.2 Å². The molecular weight excluding hydrogens is 246 g/mol. The van der Waals surface area contributed by atoms with Crippen molar-refractivity contribution in [2.24, 2.45) is 5.92 Å². The first kappa shape index (κ1) is 15.2. The number of amides is 1. The second-order valence-corrected chi connectivity index (χ2v) is 4.61. The summed E-state index contributed by atoms with van der Waals surface area (Å²) in [5, 5.41) is 11.3. The Balaban J connectivity index is 2.66. The van der Waals surface area contributed by atoms with Gasteiger partial charge in [0.2, 0.25) is 5.91 Å². The van der Waals surface area contributed by atoms with Crippen molar-refractivity contribution in [1.82, 2.24) is 0 Å². The average Bonchev–Trinajstić information content (AvgIpc) is 2.35. The standard InChI is InChI=1S/C14H19NO4/c1-9(2)19-8-11-5-4-6-12(7-11)15-13(16)10(3)14(17)18/h4-7,9-10H,8H2,1-3H3,(H,15,16)(H,17,18). The lowest BCUT2D eigenvalue weighted by Gasteiger charge is -2.11. The van der Waals surface area contributed by atoms with Crippen LogP contribution >= 0.6 is 0 Å². The Morgan fingerprint density at radius 3 is 2.58 bits per heavy atom. The smallest absolute Gasteiger partial charge is 0.315 e. The molecule has 19 heavy (non-hydrogen) atoms. The van der Waals surface area contributed by atoms with E-state index in [4.69, 9.17) is 9.84 Å². The number of carboxylic acid groups (broad SMARTS) is 1. The number of anilines is 1. The Hall–Kier alpha value is -1.88. The third-order valence-corrected chi connectivity index (χ3v) is 2.54. The summed E-state index contributed by atoms with van der Waals surface area (Å²) < 4.78 is 5.47. The van der Waals surface area contributed by atoms with Crippen LogP contribution in [0.2, 0.25) is 0 Å². The lowest BCUT2D eigenvalue weighted by Crippen LogP contribution is -2.26. The van der Waals surface area contributed by atoms with Crippen molar-refractivity contribution in [2.45, 2.75) is 33.5 Å². The lowest BCUT2D eigenvalue weighted by atomic mass is 10.1. The predicted molar refractivity (Wildman–Crippen MR) is 71.8 cm³/mol. The van der Waals surface area contributed by atoms with Gasteiger partial charge >= 0.3 is 5.97 Å². The maximum atomic E-state index is 11.6. The van der Waals surface area contributed by atoms with E-state index in [1.807, 2.05) is 19.9 Å². The topological polar surface area (TPSA) is 75.6 Å². The quantitative estimate of drug-likeness (QED) is 0.774. The third-order valence-electron chi connectivity index (χ3n) is 2.54. The molecule has 0 aliphatic heterocycles. The van der Waals surface area contributed by atoms with Crippen LogP contribution in [0.5, 0.6) is 0 Å². The number of benzene rings is 1. The average molecular weight is 265 g/mol. The predicted octanol–water partition coefficient (Wildman–Crippen LogP) is 2.27. The highest BCUT2D eigenvalue weighted by Gasteiger charge is 2.20. The molecular formula is C14H19NO4. The Labute approximate surface area is 112 Å². The Morgan fingerprint density at radius 2 is 2.00 bits per heavy atom. The molecule has 5 heteroatoms. The molecule has 0 bridgehead atoms. The fourth-order valence-corrected chi connectivity index (χ4v) is 1.36. The van der Waals surface area contributed by atoms with E-state index in [1.165, 1.54) is 6.92 Å². The van der Waals surface area contributed by atoms with Gasteiger partial charge < -0.3 is 15.2 Å². The summed E-state index contributed by atoms with van der Waals surface area (Å²) in [5.41, 5.74) is 1.50. The summed E-state index contributed by atoms with van der Waals surface area (Å²) in [6, 6.07) is 7.17. The molecule has 0 saturated carbocycles. The third kappa shape index (κ3) is 5.09. The van der Waals surface area contributed by atoms with E-state index in [0.717, 1.165) is 5.56 Å². The SMILES string of the molecule is CC(C)OCc1cccc(NC(=O)C(C)C(=O)O)c1. The molecule has 0 aliphatic rings. The molecule has 1 rings (SSSR count). The van der Waals surface area contributed by atoms with Crippen molar-refractivity contribution in [3.63, 3.8) is 0 Å². The van der Waals surface area contributed by atoms with Gasteiger partial charge in [0.1, 0.15) is 5.92 Å². The highest BCUT2D eigenvalue weighted by Crippen LogP contribution is 2.13. The molecule has 0 aromatic heterocycles. The van der Waals surface area contributed by atoms with Gasteiger partial charge in [-0.1, -0.05) is 12.1 Å². The van der Waals surface area contributed by atoms with Crippen molar-refractivity contribution in [3.05, 3.63) is 29.8 Å². The summed E-state index contributed by atoms with van der Waals surface area (Å²) in [6.07, 6.45) is 0.130. The molecule has 1 aromatic carbocycles. The minimum absolute atomic E-state index is 0.130. The van der Waals surface area contributed by atoms with Gasteiger partial charge in [0, 0.05) is 5.69 Å². The molecule has 1 unspecified atom stereocenters. The Kier molecular flexibility index (Phi) is 5.51. The van der Waals surface area contributed by atoms with Gasteiger partial charge in [-0.2, -0.15) is 0 Å². The first-order valence-corrected chi connectivity index (χ1v) is 6.14. The van der Waals surface area contributed by atoms with Crippen LogP contribution in [-0.4, -0.2) is 23.1 Å². The normalized spacial score (nSPS) is 12.2. The lowest BCUT2D eigenvalue weighted by molar-refractivity contribution is -0.144. The van der Waals surface area contributed by atoms with Crippen LogP contribution in [0.4, 0.5) is 5.69 Å². The summed E-state index contributed by atoms with van der Waals surface area (Å²) in [4.78, 5) is 22.3. The zero-order valence-electron chi connectivity index (χ0n) is 11.3. The van der Waals surface area contributed by atoms with Gasteiger partial charge in [0.15, 0.2) is 0 Å². The van der Waals surface area contributed by atoms with Crippen molar-refractivity contribution in [3.8, 4) is 0 Å². The first-order valence-electron chi connectivity index (χ1n) is 6.14. The monoisotopic (exact) mass is 265 g/mol. The molecule has 1 amide bonds. The summed E-state index contributed by atoms with van der Waals surface area (Å²) >= 11 is 0. The summed E-state index contributed by atoms with van der Waals surface area (Å²) in [7, 11) is 0. The molecule has 5 nitrogen and oxygen atoms in total. The number of carbonyl (C=O) groups excluding carboxylic acids is 1. The molecule has 104 valence electrons. The van der Waals surface area contributed by atoms with Crippen LogP contribution in [0.3, 0.4) is 0 Å².